The van der Waals surface area contributed by atoms with Gasteiger partial charge in [0.05, 0.1) is 13.2 Å². The van der Waals surface area contributed by atoms with Gasteiger partial charge in [-0.25, -0.2) is 4.99 Å². The lowest BCUT2D eigenvalue weighted by Crippen LogP contribution is -2.38. The summed E-state index contributed by atoms with van der Waals surface area (Å²) in [6.45, 7) is 5.41. The van der Waals surface area contributed by atoms with Crippen LogP contribution in [0, 0.1) is 0 Å². The van der Waals surface area contributed by atoms with Crippen LogP contribution in [0.15, 0.2) is 59.7 Å². The van der Waals surface area contributed by atoms with Crippen molar-refractivity contribution in [3.8, 4) is 5.75 Å². The zero-order valence-corrected chi connectivity index (χ0v) is 17.2. The topological polar surface area (TPSA) is 70.7 Å². The van der Waals surface area contributed by atoms with Crippen LogP contribution in [0.2, 0.25) is 0 Å². The van der Waals surface area contributed by atoms with Gasteiger partial charge in [0.2, 0.25) is 0 Å². The van der Waals surface area contributed by atoms with Crippen LogP contribution in [0.1, 0.15) is 18.1 Å². The number of ether oxygens (including phenoxy) is 2. The first kappa shape index (κ1) is 20.7. The van der Waals surface area contributed by atoms with Crippen LogP contribution < -0.4 is 15.4 Å². The Morgan fingerprint density at radius 3 is 2.83 bits per heavy atom. The Bertz CT molecular complexity index is 920. The van der Waals surface area contributed by atoms with Gasteiger partial charge in [-0.2, -0.15) is 0 Å². The SMILES string of the molecule is CCNC(=NCc1cccc(OCCOC)c1)NCCc1c[nH]c2ccccc12. The average molecular weight is 395 g/mol. The predicted molar refractivity (Wildman–Crippen MR) is 119 cm³/mol. The molecule has 6 heteroatoms. The minimum Gasteiger partial charge on any atom is -0.491 e. The van der Waals surface area contributed by atoms with Crippen LogP contribution in [-0.4, -0.2) is 44.4 Å². The molecule has 154 valence electrons. The third kappa shape index (κ3) is 6.26. The molecule has 3 N–H and O–H groups in total. The predicted octanol–water partition coefficient (Wildman–Crippen LogP) is 3.49. The number of aromatic nitrogens is 1. The molecule has 0 fully saturated rings. The highest BCUT2D eigenvalue weighted by atomic mass is 16.5. The van der Waals surface area contributed by atoms with Gasteiger partial charge in [0.25, 0.3) is 0 Å². The van der Waals surface area contributed by atoms with E-state index in [-0.39, 0.29) is 0 Å². The van der Waals surface area contributed by atoms with Crippen molar-refractivity contribution in [2.24, 2.45) is 4.99 Å². The van der Waals surface area contributed by atoms with Gasteiger partial charge >= 0.3 is 0 Å². The number of hydrogen-bond donors (Lipinski definition) is 3. The highest BCUT2D eigenvalue weighted by molar-refractivity contribution is 5.83. The van der Waals surface area contributed by atoms with Gasteiger partial charge in [0.15, 0.2) is 5.96 Å². The van der Waals surface area contributed by atoms with Gasteiger partial charge in [-0.1, -0.05) is 30.3 Å². The Morgan fingerprint density at radius 2 is 1.97 bits per heavy atom. The van der Waals surface area contributed by atoms with Crippen LogP contribution in [0.4, 0.5) is 0 Å². The molecule has 2 aromatic carbocycles. The first-order chi connectivity index (χ1) is 14.3. The van der Waals surface area contributed by atoms with Gasteiger partial charge in [0, 0.05) is 37.3 Å². The first-order valence-electron chi connectivity index (χ1n) is 10.1. The fraction of sp³-hybridized carbons (Fsp3) is 0.348. The number of guanidine groups is 1. The maximum atomic E-state index is 5.68. The van der Waals surface area contributed by atoms with E-state index in [9.17, 15) is 0 Å². The molecule has 0 amide bonds. The quantitative estimate of drug-likeness (QED) is 0.280. The van der Waals surface area contributed by atoms with E-state index in [1.807, 2.05) is 18.2 Å². The largest absolute Gasteiger partial charge is 0.491 e. The Labute approximate surface area is 172 Å². The molecule has 29 heavy (non-hydrogen) atoms. The fourth-order valence-electron chi connectivity index (χ4n) is 3.14. The second-order valence-corrected chi connectivity index (χ2v) is 6.72. The van der Waals surface area contributed by atoms with Crippen molar-refractivity contribution in [2.45, 2.75) is 19.9 Å². The summed E-state index contributed by atoms with van der Waals surface area (Å²) < 4.78 is 10.7. The molecule has 0 aliphatic rings. The standard InChI is InChI=1S/C23H30N4O2/c1-3-24-23(25-12-11-19-17-26-22-10-5-4-9-21(19)22)27-16-18-7-6-8-20(15-18)29-14-13-28-2/h4-10,15,17,26H,3,11-14,16H2,1-2H3,(H2,24,25,27). The molecule has 6 nitrogen and oxygen atoms in total. The molecule has 3 rings (SSSR count). The highest BCUT2D eigenvalue weighted by Gasteiger charge is 2.04. The summed E-state index contributed by atoms with van der Waals surface area (Å²) in [6, 6.07) is 16.4. The number of hydrogen-bond acceptors (Lipinski definition) is 3. The van der Waals surface area contributed by atoms with Crippen molar-refractivity contribution in [3.05, 3.63) is 65.9 Å². The molecule has 0 saturated carbocycles. The summed E-state index contributed by atoms with van der Waals surface area (Å²) in [7, 11) is 1.67. The van der Waals surface area contributed by atoms with Crippen molar-refractivity contribution in [3.63, 3.8) is 0 Å². The Kier molecular flexibility index (Phi) is 7.95. The number of H-pyrrole nitrogens is 1. The first-order valence-corrected chi connectivity index (χ1v) is 10.1. The number of methoxy groups -OCH3 is 1. The number of fused-ring (bicyclic) bond motifs is 1. The summed E-state index contributed by atoms with van der Waals surface area (Å²) in [5.41, 5.74) is 3.59. The molecule has 0 aliphatic heterocycles. The van der Waals surface area contributed by atoms with Crippen molar-refractivity contribution in [1.82, 2.24) is 15.6 Å². The van der Waals surface area contributed by atoms with Crippen molar-refractivity contribution < 1.29 is 9.47 Å². The molecular formula is C23H30N4O2. The number of aliphatic imine (C=N–C) groups is 1. The van der Waals surface area contributed by atoms with E-state index < -0.39 is 0 Å². The summed E-state index contributed by atoms with van der Waals surface area (Å²) in [4.78, 5) is 8.04. The molecule has 0 radical (unpaired) electrons. The number of rotatable bonds is 10. The molecule has 3 aromatic rings. The maximum Gasteiger partial charge on any atom is 0.191 e. The summed E-state index contributed by atoms with van der Waals surface area (Å²) in [5, 5.41) is 8.02. The molecule has 0 unspecified atom stereocenters. The van der Waals surface area contributed by atoms with E-state index in [0.717, 1.165) is 36.8 Å². The number of nitrogens with zero attached hydrogens (tertiary/aromatic N) is 1. The van der Waals surface area contributed by atoms with Crippen molar-refractivity contribution in [1.29, 1.82) is 0 Å². The normalized spacial score (nSPS) is 11.6. The Balaban J connectivity index is 1.55. The van der Waals surface area contributed by atoms with Gasteiger partial charge in [-0.15, -0.1) is 0 Å². The maximum absolute atomic E-state index is 5.68. The second kappa shape index (κ2) is 11.1. The third-order valence-electron chi connectivity index (χ3n) is 4.58. The molecule has 1 aromatic heterocycles. The zero-order chi connectivity index (χ0) is 20.3. The van der Waals surface area contributed by atoms with Crippen molar-refractivity contribution >= 4 is 16.9 Å². The number of aromatic amines is 1. The number of nitrogens with one attached hydrogen (secondary N) is 3. The monoisotopic (exact) mass is 394 g/mol. The molecule has 0 spiro atoms. The highest BCUT2D eigenvalue weighted by Crippen LogP contribution is 2.17. The van der Waals surface area contributed by atoms with Gasteiger partial charge in [-0.3, -0.25) is 0 Å². The van der Waals surface area contributed by atoms with Gasteiger partial charge < -0.3 is 25.1 Å². The molecule has 0 saturated heterocycles. The lowest BCUT2D eigenvalue weighted by Gasteiger charge is -2.11. The van der Waals surface area contributed by atoms with Crippen LogP contribution in [0.5, 0.6) is 5.75 Å². The van der Waals surface area contributed by atoms with E-state index in [1.54, 1.807) is 7.11 Å². The Morgan fingerprint density at radius 1 is 1.07 bits per heavy atom. The molecule has 0 aliphatic carbocycles. The summed E-state index contributed by atoms with van der Waals surface area (Å²) in [5.74, 6) is 1.66. The van der Waals surface area contributed by atoms with Gasteiger partial charge in [-0.05, 0) is 42.7 Å². The molecule has 0 atom stereocenters. The van der Waals surface area contributed by atoms with E-state index in [4.69, 9.17) is 14.5 Å². The summed E-state index contributed by atoms with van der Waals surface area (Å²) in [6.07, 6.45) is 3.02. The lowest BCUT2D eigenvalue weighted by atomic mass is 10.1. The smallest absolute Gasteiger partial charge is 0.191 e. The second-order valence-electron chi connectivity index (χ2n) is 6.72. The van der Waals surface area contributed by atoms with Crippen molar-refractivity contribution in [2.75, 3.05) is 33.4 Å². The molecule has 1 heterocycles. The zero-order valence-electron chi connectivity index (χ0n) is 17.2. The minimum absolute atomic E-state index is 0.543. The van der Waals surface area contributed by atoms with E-state index in [0.29, 0.717) is 19.8 Å². The van der Waals surface area contributed by atoms with Crippen LogP contribution in [-0.2, 0) is 17.7 Å². The number of para-hydroxylation sites is 1. The van der Waals surface area contributed by atoms with Crippen LogP contribution >= 0.6 is 0 Å². The fourth-order valence-corrected chi connectivity index (χ4v) is 3.14. The summed E-state index contributed by atoms with van der Waals surface area (Å²) >= 11 is 0. The Hall–Kier alpha value is -2.99. The lowest BCUT2D eigenvalue weighted by molar-refractivity contribution is 0.146. The van der Waals surface area contributed by atoms with E-state index in [2.05, 4.69) is 59.1 Å². The third-order valence-corrected chi connectivity index (χ3v) is 4.58. The minimum atomic E-state index is 0.543. The average Bonchev–Trinajstić information content (AvgIpc) is 3.16. The van der Waals surface area contributed by atoms with Crippen LogP contribution in [0.3, 0.4) is 0 Å². The van der Waals surface area contributed by atoms with E-state index >= 15 is 0 Å². The van der Waals surface area contributed by atoms with E-state index in [1.165, 1.54) is 16.5 Å². The van der Waals surface area contributed by atoms with Crippen LogP contribution in [0.25, 0.3) is 10.9 Å². The van der Waals surface area contributed by atoms with Gasteiger partial charge in [0.1, 0.15) is 12.4 Å². The molecular weight excluding hydrogens is 364 g/mol. The molecule has 0 bridgehead atoms. The number of benzene rings is 2.